The quantitative estimate of drug-likeness (QED) is 0.183. The van der Waals surface area contributed by atoms with Crippen molar-refractivity contribution in [2.24, 2.45) is 0 Å². The molecule has 4 amide bonds. The molecule has 2 aliphatic heterocycles. The lowest BCUT2D eigenvalue weighted by Crippen LogP contribution is -2.22. The first-order valence-corrected chi connectivity index (χ1v) is 11.0. The van der Waals surface area contributed by atoms with Gasteiger partial charge in [0.25, 0.3) is 17.5 Å². The summed E-state index contributed by atoms with van der Waals surface area (Å²) in [5.41, 5.74) is 4.02. The Morgan fingerprint density at radius 1 is 0.889 bits per heavy atom. The minimum Gasteiger partial charge on any atom is -0.354 e. The Balaban J connectivity index is 1.54. The lowest BCUT2D eigenvalue weighted by Gasteiger charge is -2.15. The van der Waals surface area contributed by atoms with Gasteiger partial charge in [-0.05, 0) is 35.7 Å². The first-order valence-electron chi connectivity index (χ1n) is 11.0. The highest BCUT2D eigenvalue weighted by atomic mass is 16.6. The Labute approximate surface area is 204 Å². The van der Waals surface area contributed by atoms with Crippen molar-refractivity contribution in [3.05, 3.63) is 111 Å². The molecule has 0 aliphatic carbocycles. The van der Waals surface area contributed by atoms with Crippen molar-refractivity contribution in [1.29, 1.82) is 0 Å². The number of nitrogens with zero attached hydrogens (tertiary/aromatic N) is 1. The number of non-ortho nitro benzene ring substituents is 1. The molecule has 0 bridgehead atoms. The van der Waals surface area contributed by atoms with E-state index in [-0.39, 0.29) is 22.9 Å². The Morgan fingerprint density at radius 3 is 2.42 bits per heavy atom. The van der Waals surface area contributed by atoms with Gasteiger partial charge in [0.15, 0.2) is 0 Å². The molecule has 1 saturated heterocycles. The van der Waals surface area contributed by atoms with Crippen LogP contribution in [0.1, 0.15) is 16.7 Å². The third-order valence-electron chi connectivity index (χ3n) is 5.73. The van der Waals surface area contributed by atoms with Crippen LogP contribution in [0, 0.1) is 10.1 Å². The SMILES string of the molecule is O=C1NC(=O)/C(=C/Cc2cccc(NC(=C3C(=O)Nc4ccc([N+](=O)[O-])cc43)c3ccccc3)c2)N1. The summed E-state index contributed by atoms with van der Waals surface area (Å²) in [4.78, 5) is 47.0. The van der Waals surface area contributed by atoms with Gasteiger partial charge in [-0.3, -0.25) is 25.0 Å². The summed E-state index contributed by atoms with van der Waals surface area (Å²) in [7, 11) is 0. The zero-order chi connectivity index (χ0) is 25.2. The molecule has 0 radical (unpaired) electrons. The number of urea groups is 1. The van der Waals surface area contributed by atoms with Crippen LogP contribution in [0.5, 0.6) is 0 Å². The maximum Gasteiger partial charge on any atom is 0.326 e. The third kappa shape index (κ3) is 4.42. The van der Waals surface area contributed by atoms with E-state index in [9.17, 15) is 24.5 Å². The fourth-order valence-electron chi connectivity index (χ4n) is 4.07. The molecular formula is C26H19N5O5. The molecule has 1 fully saturated rings. The number of benzene rings is 3. The van der Waals surface area contributed by atoms with Gasteiger partial charge in [0.1, 0.15) is 5.70 Å². The minimum absolute atomic E-state index is 0.117. The number of carbonyl (C=O) groups excluding carboxylic acids is 3. The largest absolute Gasteiger partial charge is 0.354 e. The van der Waals surface area contributed by atoms with Crippen LogP contribution in [-0.4, -0.2) is 22.8 Å². The minimum atomic E-state index is -0.559. The van der Waals surface area contributed by atoms with E-state index in [1.54, 1.807) is 6.08 Å². The van der Waals surface area contributed by atoms with Gasteiger partial charge in [0.2, 0.25) is 0 Å². The molecule has 5 rings (SSSR count). The Morgan fingerprint density at radius 2 is 1.69 bits per heavy atom. The molecule has 2 aliphatic rings. The van der Waals surface area contributed by atoms with Crippen molar-refractivity contribution in [2.45, 2.75) is 6.42 Å². The van der Waals surface area contributed by atoms with E-state index in [2.05, 4.69) is 21.3 Å². The number of hydrogen-bond acceptors (Lipinski definition) is 6. The fraction of sp³-hybridized carbons (Fsp3) is 0.0385. The Hall–Kier alpha value is -5.25. The van der Waals surface area contributed by atoms with E-state index in [1.807, 2.05) is 54.6 Å². The molecule has 10 nitrogen and oxygen atoms in total. The summed E-state index contributed by atoms with van der Waals surface area (Å²) in [6, 6.07) is 20.3. The number of nitro benzene ring substituents is 1. The van der Waals surface area contributed by atoms with Gasteiger partial charge in [-0.1, -0.05) is 48.5 Å². The topological polar surface area (TPSA) is 142 Å². The second-order valence-electron chi connectivity index (χ2n) is 8.11. The Kier molecular flexibility index (Phi) is 5.75. The fourth-order valence-corrected chi connectivity index (χ4v) is 4.07. The zero-order valence-electron chi connectivity index (χ0n) is 18.7. The number of imide groups is 1. The number of allylic oxidation sites excluding steroid dienone is 1. The van der Waals surface area contributed by atoms with E-state index in [0.717, 1.165) is 11.1 Å². The molecule has 0 aromatic heterocycles. The molecule has 10 heteroatoms. The van der Waals surface area contributed by atoms with E-state index >= 15 is 0 Å². The van der Waals surface area contributed by atoms with E-state index in [4.69, 9.17) is 0 Å². The summed E-state index contributed by atoms with van der Waals surface area (Å²) in [5.74, 6) is -0.855. The van der Waals surface area contributed by atoms with Crippen LogP contribution in [0.2, 0.25) is 0 Å². The van der Waals surface area contributed by atoms with Crippen molar-refractivity contribution in [2.75, 3.05) is 10.6 Å². The second kappa shape index (κ2) is 9.18. The number of rotatable bonds is 6. The van der Waals surface area contributed by atoms with Gasteiger partial charge in [-0.25, -0.2) is 4.79 Å². The van der Waals surface area contributed by atoms with Crippen molar-refractivity contribution >= 4 is 46.2 Å². The maximum atomic E-state index is 13.0. The summed E-state index contributed by atoms with van der Waals surface area (Å²) >= 11 is 0. The standard InChI is InChI=1S/C26H19N5O5/c32-24-21(29-26(34)30-24)11-9-15-5-4-8-17(13-15)27-23(16-6-2-1-3-7-16)22-19-14-18(31(35)36)10-12-20(19)28-25(22)33/h1-8,10-14,27H,9H2,(H,28,33)(H2,29,30,32,34)/b21-11-,23-22?. The van der Waals surface area contributed by atoms with Crippen LogP contribution in [0.15, 0.2) is 84.6 Å². The van der Waals surface area contributed by atoms with E-state index in [1.165, 1.54) is 18.2 Å². The van der Waals surface area contributed by atoms with Crippen molar-refractivity contribution in [3.8, 4) is 0 Å². The van der Waals surface area contributed by atoms with Crippen LogP contribution < -0.4 is 21.3 Å². The molecule has 2 heterocycles. The highest BCUT2D eigenvalue weighted by Gasteiger charge is 2.30. The number of nitrogens with one attached hydrogen (secondary N) is 4. The van der Waals surface area contributed by atoms with Crippen LogP contribution >= 0.6 is 0 Å². The lowest BCUT2D eigenvalue weighted by atomic mass is 9.99. The van der Waals surface area contributed by atoms with Crippen molar-refractivity contribution < 1.29 is 19.3 Å². The van der Waals surface area contributed by atoms with E-state index < -0.39 is 16.9 Å². The monoisotopic (exact) mass is 481 g/mol. The van der Waals surface area contributed by atoms with Gasteiger partial charge < -0.3 is 16.0 Å². The zero-order valence-corrected chi connectivity index (χ0v) is 18.7. The average molecular weight is 481 g/mol. The van der Waals surface area contributed by atoms with Gasteiger partial charge in [0.05, 0.1) is 16.2 Å². The van der Waals surface area contributed by atoms with Gasteiger partial charge in [0, 0.05) is 29.1 Å². The summed E-state index contributed by atoms with van der Waals surface area (Å²) in [6.45, 7) is 0. The molecule has 4 N–H and O–H groups in total. The molecule has 0 spiro atoms. The summed E-state index contributed by atoms with van der Waals surface area (Å²) in [6.07, 6.45) is 2.00. The number of anilines is 2. The molecule has 0 unspecified atom stereocenters. The van der Waals surface area contributed by atoms with Crippen LogP contribution in [-0.2, 0) is 16.0 Å². The lowest BCUT2D eigenvalue weighted by molar-refractivity contribution is -0.384. The summed E-state index contributed by atoms with van der Waals surface area (Å²) < 4.78 is 0. The third-order valence-corrected chi connectivity index (χ3v) is 5.73. The van der Waals surface area contributed by atoms with Gasteiger partial charge in [-0.15, -0.1) is 0 Å². The van der Waals surface area contributed by atoms with E-state index in [0.29, 0.717) is 29.1 Å². The predicted octanol–water partition coefficient (Wildman–Crippen LogP) is 3.79. The molecule has 3 aromatic carbocycles. The van der Waals surface area contributed by atoms with Crippen LogP contribution in [0.3, 0.4) is 0 Å². The number of nitro groups is 1. The smallest absolute Gasteiger partial charge is 0.326 e. The van der Waals surface area contributed by atoms with Crippen molar-refractivity contribution in [1.82, 2.24) is 10.6 Å². The molecule has 36 heavy (non-hydrogen) atoms. The average Bonchev–Trinajstić information content (AvgIpc) is 3.38. The normalized spacial score (nSPS) is 16.8. The van der Waals surface area contributed by atoms with Crippen molar-refractivity contribution in [3.63, 3.8) is 0 Å². The number of amides is 4. The van der Waals surface area contributed by atoms with Crippen LogP contribution in [0.25, 0.3) is 11.3 Å². The second-order valence-corrected chi connectivity index (χ2v) is 8.11. The maximum absolute atomic E-state index is 13.0. The Bertz CT molecular complexity index is 1490. The van der Waals surface area contributed by atoms with Crippen LogP contribution in [0.4, 0.5) is 21.9 Å². The number of hydrogen-bond donors (Lipinski definition) is 4. The van der Waals surface area contributed by atoms with Gasteiger partial charge >= 0.3 is 6.03 Å². The number of fused-ring (bicyclic) bond motifs is 1. The molecule has 0 saturated carbocycles. The highest BCUT2D eigenvalue weighted by molar-refractivity contribution is 6.37. The molecular weight excluding hydrogens is 462 g/mol. The summed E-state index contributed by atoms with van der Waals surface area (Å²) in [5, 5.41) is 22.1. The highest BCUT2D eigenvalue weighted by Crippen LogP contribution is 2.39. The van der Waals surface area contributed by atoms with Gasteiger partial charge in [-0.2, -0.15) is 0 Å². The first kappa shape index (κ1) is 22.5. The first-order chi connectivity index (χ1) is 17.4. The molecule has 0 atom stereocenters. The predicted molar refractivity (Wildman–Crippen MR) is 134 cm³/mol. The molecule has 3 aromatic rings. The number of carbonyl (C=O) groups is 3. The molecule has 178 valence electrons.